The lowest BCUT2D eigenvalue weighted by Crippen LogP contribution is -1.86. The van der Waals surface area contributed by atoms with Gasteiger partial charge in [-0.05, 0) is 18.2 Å². The summed E-state index contributed by atoms with van der Waals surface area (Å²) in [5, 5.41) is 4.26. The maximum atomic E-state index is 5.43. The molecule has 108 valence electrons. The van der Waals surface area contributed by atoms with E-state index in [1.165, 1.54) is 5.39 Å². The Morgan fingerprint density at radius 2 is 1.82 bits per heavy atom. The van der Waals surface area contributed by atoms with Crippen molar-refractivity contribution in [1.82, 2.24) is 9.97 Å². The molecule has 0 saturated heterocycles. The first-order chi connectivity index (χ1) is 10.9. The molecular weight excluding hydrogens is 292 g/mol. The minimum atomic E-state index is 0.849. The minimum absolute atomic E-state index is 0.849. The Morgan fingerprint density at radius 1 is 1.00 bits per heavy atom. The van der Waals surface area contributed by atoms with Gasteiger partial charge in [-0.25, -0.2) is 4.98 Å². The maximum Gasteiger partial charge on any atom is 0.129 e. The fraction of sp³-hybridized carbons (Fsp3) is 0.0556. The van der Waals surface area contributed by atoms with Crippen molar-refractivity contribution in [3.8, 4) is 27.6 Å². The van der Waals surface area contributed by atoms with Crippen molar-refractivity contribution >= 4 is 22.2 Å². The number of hydrogen-bond acceptors (Lipinski definition) is 3. The van der Waals surface area contributed by atoms with Gasteiger partial charge in [-0.2, -0.15) is 0 Å². The highest BCUT2D eigenvalue weighted by molar-refractivity contribution is 7.13. The van der Waals surface area contributed by atoms with E-state index >= 15 is 0 Å². The molecule has 0 unspecified atom stereocenters. The van der Waals surface area contributed by atoms with Gasteiger partial charge in [0.25, 0.3) is 0 Å². The number of H-pyrrole nitrogens is 1. The number of benzene rings is 2. The standard InChI is InChI=1S/C18H14N2OS/c1-21-17-9-5-3-7-13(17)18-20-16(11-22-18)14-10-19-15-8-4-2-6-12(14)15/h2-11,19H,1H3. The molecule has 0 atom stereocenters. The average Bonchev–Trinajstić information content (AvgIpc) is 3.21. The molecule has 2 aromatic heterocycles. The Bertz CT molecular complexity index is 939. The number of para-hydroxylation sites is 2. The van der Waals surface area contributed by atoms with E-state index in [0.29, 0.717) is 0 Å². The van der Waals surface area contributed by atoms with Crippen LogP contribution in [0.3, 0.4) is 0 Å². The van der Waals surface area contributed by atoms with Crippen LogP contribution in [0.1, 0.15) is 0 Å². The largest absolute Gasteiger partial charge is 0.496 e. The van der Waals surface area contributed by atoms with Crippen molar-refractivity contribution in [3.63, 3.8) is 0 Å². The third-order valence-electron chi connectivity index (χ3n) is 3.71. The van der Waals surface area contributed by atoms with Gasteiger partial charge in [0.2, 0.25) is 0 Å². The molecule has 22 heavy (non-hydrogen) atoms. The lowest BCUT2D eigenvalue weighted by Gasteiger charge is -2.04. The first-order valence-corrected chi connectivity index (χ1v) is 7.90. The Hall–Kier alpha value is -2.59. The molecule has 0 radical (unpaired) electrons. The van der Waals surface area contributed by atoms with Gasteiger partial charge < -0.3 is 9.72 Å². The molecule has 0 bridgehead atoms. The quantitative estimate of drug-likeness (QED) is 0.580. The molecular formula is C18H14N2OS. The van der Waals surface area contributed by atoms with E-state index in [1.807, 2.05) is 42.6 Å². The first-order valence-electron chi connectivity index (χ1n) is 7.02. The number of aromatic nitrogens is 2. The molecule has 2 aromatic carbocycles. The van der Waals surface area contributed by atoms with Gasteiger partial charge in [0.05, 0.1) is 18.4 Å². The van der Waals surface area contributed by atoms with E-state index in [4.69, 9.17) is 9.72 Å². The van der Waals surface area contributed by atoms with Gasteiger partial charge in [0.15, 0.2) is 0 Å². The van der Waals surface area contributed by atoms with Crippen molar-refractivity contribution in [2.24, 2.45) is 0 Å². The summed E-state index contributed by atoms with van der Waals surface area (Å²) in [6, 6.07) is 16.2. The molecule has 0 aliphatic heterocycles. The minimum Gasteiger partial charge on any atom is -0.496 e. The number of ether oxygens (including phenoxy) is 1. The second kappa shape index (κ2) is 5.31. The number of nitrogens with zero attached hydrogens (tertiary/aromatic N) is 1. The van der Waals surface area contributed by atoms with Crippen LogP contribution in [0.25, 0.3) is 32.7 Å². The summed E-state index contributed by atoms with van der Waals surface area (Å²) in [4.78, 5) is 8.10. The van der Waals surface area contributed by atoms with Gasteiger partial charge >= 0.3 is 0 Å². The van der Waals surface area contributed by atoms with Crippen LogP contribution in [0.5, 0.6) is 5.75 Å². The fourth-order valence-electron chi connectivity index (χ4n) is 2.63. The van der Waals surface area contributed by atoms with E-state index < -0.39 is 0 Å². The van der Waals surface area contributed by atoms with E-state index in [0.717, 1.165) is 33.1 Å². The zero-order valence-corrected chi connectivity index (χ0v) is 12.9. The molecule has 1 N–H and O–H groups in total. The molecule has 4 aromatic rings. The molecule has 4 rings (SSSR count). The highest BCUT2D eigenvalue weighted by Gasteiger charge is 2.13. The summed E-state index contributed by atoms with van der Waals surface area (Å²) >= 11 is 1.63. The number of aromatic amines is 1. The summed E-state index contributed by atoms with van der Waals surface area (Å²) in [5.41, 5.74) is 4.28. The Morgan fingerprint density at radius 3 is 2.73 bits per heavy atom. The van der Waals surface area contributed by atoms with Gasteiger partial charge in [0, 0.05) is 28.0 Å². The van der Waals surface area contributed by atoms with Crippen LogP contribution in [0.2, 0.25) is 0 Å². The van der Waals surface area contributed by atoms with Crippen molar-refractivity contribution in [3.05, 3.63) is 60.1 Å². The normalized spacial score (nSPS) is 11.0. The summed E-state index contributed by atoms with van der Waals surface area (Å²) in [6.45, 7) is 0. The molecule has 4 heteroatoms. The topological polar surface area (TPSA) is 37.9 Å². The number of nitrogens with one attached hydrogen (secondary N) is 1. The number of fused-ring (bicyclic) bond motifs is 1. The predicted molar refractivity (Wildman–Crippen MR) is 91.4 cm³/mol. The van der Waals surface area contributed by atoms with Gasteiger partial charge in [-0.3, -0.25) is 0 Å². The van der Waals surface area contributed by atoms with Crippen LogP contribution >= 0.6 is 11.3 Å². The highest BCUT2D eigenvalue weighted by atomic mass is 32.1. The second-order valence-electron chi connectivity index (χ2n) is 4.99. The SMILES string of the molecule is COc1ccccc1-c1nc(-c2c[nH]c3ccccc23)cs1. The van der Waals surface area contributed by atoms with Crippen LogP contribution in [-0.4, -0.2) is 17.1 Å². The molecule has 0 fully saturated rings. The zero-order chi connectivity index (χ0) is 14.9. The summed E-state index contributed by atoms with van der Waals surface area (Å²) in [6.07, 6.45) is 2.02. The maximum absolute atomic E-state index is 5.43. The molecule has 0 spiro atoms. The van der Waals surface area contributed by atoms with E-state index in [1.54, 1.807) is 18.4 Å². The van der Waals surface area contributed by atoms with E-state index in [9.17, 15) is 0 Å². The lowest BCUT2D eigenvalue weighted by molar-refractivity contribution is 0.416. The number of thiazole rings is 1. The Labute approximate surface area is 132 Å². The Balaban J connectivity index is 1.82. The molecule has 0 aliphatic rings. The van der Waals surface area contributed by atoms with Crippen LogP contribution < -0.4 is 4.74 Å². The summed E-state index contributed by atoms with van der Waals surface area (Å²) in [7, 11) is 1.69. The van der Waals surface area contributed by atoms with Gasteiger partial charge in [0.1, 0.15) is 10.8 Å². The number of rotatable bonds is 3. The number of methoxy groups -OCH3 is 1. The van der Waals surface area contributed by atoms with Crippen molar-refractivity contribution in [2.45, 2.75) is 0 Å². The zero-order valence-electron chi connectivity index (χ0n) is 12.0. The highest BCUT2D eigenvalue weighted by Crippen LogP contribution is 2.36. The third kappa shape index (κ3) is 2.09. The second-order valence-corrected chi connectivity index (χ2v) is 5.84. The smallest absolute Gasteiger partial charge is 0.129 e. The fourth-order valence-corrected chi connectivity index (χ4v) is 3.48. The van der Waals surface area contributed by atoms with Crippen LogP contribution in [0, 0.1) is 0 Å². The predicted octanol–water partition coefficient (Wildman–Crippen LogP) is 4.97. The summed E-state index contributed by atoms with van der Waals surface area (Å²) in [5.74, 6) is 0.849. The van der Waals surface area contributed by atoms with Gasteiger partial charge in [-0.1, -0.05) is 30.3 Å². The molecule has 0 saturated carbocycles. The van der Waals surface area contributed by atoms with Crippen LogP contribution in [-0.2, 0) is 0 Å². The molecule has 2 heterocycles. The lowest BCUT2D eigenvalue weighted by atomic mass is 10.1. The first kappa shape index (κ1) is 13.1. The van der Waals surface area contributed by atoms with Crippen LogP contribution in [0.4, 0.5) is 0 Å². The van der Waals surface area contributed by atoms with Crippen LogP contribution in [0.15, 0.2) is 60.1 Å². The van der Waals surface area contributed by atoms with Crippen molar-refractivity contribution < 1.29 is 4.74 Å². The summed E-state index contributed by atoms with van der Waals surface area (Å²) < 4.78 is 5.43. The van der Waals surface area contributed by atoms with E-state index in [2.05, 4.69) is 22.5 Å². The van der Waals surface area contributed by atoms with E-state index in [-0.39, 0.29) is 0 Å². The average molecular weight is 306 g/mol. The molecule has 0 amide bonds. The number of hydrogen-bond donors (Lipinski definition) is 1. The molecule has 3 nitrogen and oxygen atoms in total. The van der Waals surface area contributed by atoms with Gasteiger partial charge in [-0.15, -0.1) is 11.3 Å². The Kier molecular flexibility index (Phi) is 3.16. The molecule has 0 aliphatic carbocycles. The monoisotopic (exact) mass is 306 g/mol. The van der Waals surface area contributed by atoms with Crippen molar-refractivity contribution in [1.29, 1.82) is 0 Å². The third-order valence-corrected chi connectivity index (χ3v) is 4.58. The van der Waals surface area contributed by atoms with Crippen molar-refractivity contribution in [2.75, 3.05) is 7.11 Å².